The fraction of sp³-hybridized carbons (Fsp3) is 0.167. The van der Waals surface area contributed by atoms with Crippen LogP contribution in [-0.4, -0.2) is 0 Å². The summed E-state index contributed by atoms with van der Waals surface area (Å²) in [5.41, 5.74) is 1.05. The second kappa shape index (κ2) is 5.25. The van der Waals surface area contributed by atoms with E-state index in [0.29, 0.717) is 0 Å². The molecule has 0 nitrogen and oxygen atoms in total. The van der Waals surface area contributed by atoms with Crippen LogP contribution in [0, 0.1) is 10.5 Å². The molecule has 84 valence electrons. The van der Waals surface area contributed by atoms with Crippen LogP contribution in [0.3, 0.4) is 0 Å². The Kier molecular flexibility index (Phi) is 4.16. The van der Waals surface area contributed by atoms with Crippen LogP contribution < -0.4 is 0 Å². The number of halogens is 3. The molecular formula is C12H9Cl2IS. The number of alkyl halides is 1. The molecule has 16 heavy (non-hydrogen) atoms. The highest BCUT2D eigenvalue weighted by molar-refractivity contribution is 14.1. The fourth-order valence-corrected chi connectivity index (χ4v) is 3.17. The van der Waals surface area contributed by atoms with E-state index in [9.17, 15) is 0 Å². The molecule has 1 aromatic heterocycles. The van der Waals surface area contributed by atoms with Crippen molar-refractivity contribution in [2.75, 3.05) is 0 Å². The van der Waals surface area contributed by atoms with E-state index in [-0.39, 0.29) is 5.38 Å². The van der Waals surface area contributed by atoms with Crippen LogP contribution in [0.5, 0.6) is 0 Å². The van der Waals surface area contributed by atoms with Gasteiger partial charge in [0, 0.05) is 13.3 Å². The third-order valence-electron chi connectivity index (χ3n) is 2.25. The first kappa shape index (κ1) is 12.7. The molecule has 1 unspecified atom stereocenters. The average molecular weight is 383 g/mol. The first-order valence-corrected chi connectivity index (χ1v) is 7.44. The van der Waals surface area contributed by atoms with Crippen LogP contribution >= 0.6 is 57.1 Å². The molecule has 1 aromatic carbocycles. The Labute approximate surface area is 123 Å². The molecule has 0 saturated heterocycles. The predicted molar refractivity (Wildman–Crippen MR) is 80.9 cm³/mol. The number of thiophene rings is 1. The largest absolute Gasteiger partial charge is 0.144 e. The van der Waals surface area contributed by atoms with E-state index in [0.717, 1.165) is 19.0 Å². The zero-order chi connectivity index (χ0) is 11.7. The van der Waals surface area contributed by atoms with Gasteiger partial charge < -0.3 is 0 Å². The van der Waals surface area contributed by atoms with Crippen molar-refractivity contribution in [2.24, 2.45) is 0 Å². The lowest BCUT2D eigenvalue weighted by Gasteiger charge is -2.08. The lowest BCUT2D eigenvalue weighted by molar-refractivity contribution is 1.18. The van der Waals surface area contributed by atoms with Crippen LogP contribution in [0.1, 0.15) is 20.7 Å². The normalized spacial score (nSPS) is 12.8. The monoisotopic (exact) mass is 382 g/mol. The molecule has 1 heterocycles. The molecule has 4 heteroatoms. The van der Waals surface area contributed by atoms with E-state index in [1.165, 1.54) is 4.88 Å². The second-order valence-electron chi connectivity index (χ2n) is 3.48. The molecular weight excluding hydrogens is 374 g/mol. The van der Waals surface area contributed by atoms with Crippen molar-refractivity contribution < 1.29 is 0 Å². The van der Waals surface area contributed by atoms with Gasteiger partial charge in [0.05, 0.1) is 10.4 Å². The number of hydrogen-bond donors (Lipinski definition) is 0. The topological polar surface area (TPSA) is 0 Å². The van der Waals surface area contributed by atoms with Gasteiger partial charge in [0.1, 0.15) is 0 Å². The Hall–Kier alpha value is 0.230. The van der Waals surface area contributed by atoms with Crippen LogP contribution in [-0.2, 0) is 0 Å². The lowest BCUT2D eigenvalue weighted by atomic mass is 10.1. The molecule has 0 spiro atoms. The number of rotatable bonds is 2. The maximum Gasteiger partial charge on any atom is 0.0928 e. The summed E-state index contributed by atoms with van der Waals surface area (Å²) in [6.07, 6.45) is 0. The highest BCUT2D eigenvalue weighted by Gasteiger charge is 2.13. The number of aryl methyl sites for hydroxylation is 1. The minimum atomic E-state index is -0.104. The average Bonchev–Trinajstić information content (AvgIpc) is 2.68. The van der Waals surface area contributed by atoms with Crippen molar-refractivity contribution >= 4 is 57.1 Å². The number of hydrogen-bond acceptors (Lipinski definition) is 1. The van der Waals surface area contributed by atoms with Crippen molar-refractivity contribution in [2.45, 2.75) is 12.3 Å². The highest BCUT2D eigenvalue weighted by Crippen LogP contribution is 2.35. The van der Waals surface area contributed by atoms with E-state index in [4.69, 9.17) is 23.2 Å². The van der Waals surface area contributed by atoms with Gasteiger partial charge in [0.25, 0.3) is 0 Å². The Balaban J connectivity index is 2.33. The Morgan fingerprint density at radius 3 is 2.56 bits per heavy atom. The van der Waals surface area contributed by atoms with E-state index >= 15 is 0 Å². The summed E-state index contributed by atoms with van der Waals surface area (Å²) in [6, 6.07) is 10.1. The Morgan fingerprint density at radius 2 is 2.00 bits per heavy atom. The van der Waals surface area contributed by atoms with Crippen LogP contribution in [0.15, 0.2) is 30.3 Å². The minimum Gasteiger partial charge on any atom is -0.144 e. The van der Waals surface area contributed by atoms with E-state index in [2.05, 4.69) is 41.6 Å². The molecule has 2 rings (SSSR count). The summed E-state index contributed by atoms with van der Waals surface area (Å²) in [5, 5.41) is 0.658. The van der Waals surface area contributed by atoms with Crippen molar-refractivity contribution in [3.05, 3.63) is 54.2 Å². The molecule has 0 N–H and O–H groups in total. The molecule has 0 bridgehead atoms. The second-order valence-corrected chi connectivity index (χ2v) is 6.81. The van der Waals surface area contributed by atoms with Crippen LogP contribution in [0.25, 0.3) is 0 Å². The molecule has 1 atom stereocenters. The first-order valence-electron chi connectivity index (χ1n) is 4.73. The van der Waals surface area contributed by atoms with Gasteiger partial charge in [0.15, 0.2) is 0 Å². The standard InChI is InChI=1S/C12H9Cl2IS/c1-7-2-5-11(16-7)12(14)8-3-4-10(15)9(13)6-8/h2-6,12H,1H3. The van der Waals surface area contributed by atoms with Gasteiger partial charge in [-0.1, -0.05) is 17.7 Å². The van der Waals surface area contributed by atoms with Gasteiger partial charge in [-0.05, 0) is 59.3 Å². The van der Waals surface area contributed by atoms with Crippen molar-refractivity contribution in [3.8, 4) is 0 Å². The van der Waals surface area contributed by atoms with E-state index in [1.807, 2.05) is 18.2 Å². The molecule has 0 aliphatic rings. The van der Waals surface area contributed by atoms with E-state index in [1.54, 1.807) is 11.3 Å². The third kappa shape index (κ3) is 2.73. The summed E-state index contributed by atoms with van der Waals surface area (Å²) in [4.78, 5) is 2.44. The highest BCUT2D eigenvalue weighted by atomic mass is 127. The molecule has 0 aliphatic carbocycles. The predicted octanol–water partition coefficient (Wildman–Crippen LogP) is 5.64. The molecule has 0 radical (unpaired) electrons. The summed E-state index contributed by atoms with van der Waals surface area (Å²) in [7, 11) is 0. The van der Waals surface area contributed by atoms with E-state index < -0.39 is 0 Å². The summed E-state index contributed by atoms with van der Waals surface area (Å²) < 4.78 is 1.05. The summed E-state index contributed by atoms with van der Waals surface area (Å²) >= 11 is 16.4. The molecule has 0 saturated carbocycles. The number of benzene rings is 1. The van der Waals surface area contributed by atoms with Gasteiger partial charge in [-0.15, -0.1) is 22.9 Å². The van der Waals surface area contributed by atoms with Crippen LogP contribution in [0.4, 0.5) is 0 Å². The minimum absolute atomic E-state index is 0.104. The SMILES string of the molecule is Cc1ccc(C(Cl)c2ccc(I)c(Cl)c2)s1. The lowest BCUT2D eigenvalue weighted by Crippen LogP contribution is -1.90. The van der Waals surface area contributed by atoms with Gasteiger partial charge in [-0.25, -0.2) is 0 Å². The third-order valence-corrected chi connectivity index (χ3v) is 5.50. The zero-order valence-corrected chi connectivity index (χ0v) is 13.0. The van der Waals surface area contributed by atoms with Crippen molar-refractivity contribution in [1.29, 1.82) is 0 Å². The quantitative estimate of drug-likeness (QED) is 0.465. The van der Waals surface area contributed by atoms with Gasteiger partial charge in [0.2, 0.25) is 0 Å². The zero-order valence-electron chi connectivity index (χ0n) is 8.51. The molecule has 2 aromatic rings. The maximum atomic E-state index is 6.42. The first-order chi connectivity index (χ1) is 7.58. The maximum absolute atomic E-state index is 6.42. The summed E-state index contributed by atoms with van der Waals surface area (Å²) in [5.74, 6) is 0. The molecule has 0 fully saturated rings. The fourth-order valence-electron chi connectivity index (χ4n) is 1.42. The smallest absolute Gasteiger partial charge is 0.0928 e. The summed E-state index contributed by atoms with van der Waals surface area (Å²) in [6.45, 7) is 2.08. The molecule has 0 amide bonds. The van der Waals surface area contributed by atoms with Crippen LogP contribution in [0.2, 0.25) is 5.02 Å². The Morgan fingerprint density at radius 1 is 1.25 bits per heavy atom. The van der Waals surface area contributed by atoms with Crippen molar-refractivity contribution in [1.82, 2.24) is 0 Å². The Bertz CT molecular complexity index is 507. The molecule has 0 aliphatic heterocycles. The van der Waals surface area contributed by atoms with Gasteiger partial charge in [-0.2, -0.15) is 0 Å². The van der Waals surface area contributed by atoms with Gasteiger partial charge in [-0.3, -0.25) is 0 Å². The van der Waals surface area contributed by atoms with Crippen molar-refractivity contribution in [3.63, 3.8) is 0 Å². The van der Waals surface area contributed by atoms with Gasteiger partial charge >= 0.3 is 0 Å².